The monoisotopic (exact) mass is 873 g/mol. The summed E-state index contributed by atoms with van der Waals surface area (Å²) in [5.74, 6) is 9.03. The van der Waals surface area contributed by atoms with Crippen LogP contribution in [0.2, 0.25) is 12.1 Å². The first-order chi connectivity index (χ1) is 32.0. The smallest absolute Gasteiger partial charge is 0.0218 e. The van der Waals surface area contributed by atoms with Crippen molar-refractivity contribution in [1.29, 1.82) is 0 Å². The first-order valence-electron chi connectivity index (χ1n) is 27.9. The second-order valence-corrected chi connectivity index (χ2v) is 27.2. The lowest BCUT2D eigenvalue weighted by atomic mass is 9.48. The lowest BCUT2D eigenvalue weighted by molar-refractivity contribution is -0.00530. The van der Waals surface area contributed by atoms with Gasteiger partial charge in [-0.3, -0.25) is 0 Å². The van der Waals surface area contributed by atoms with Crippen LogP contribution < -0.4 is 0 Å². The van der Waals surface area contributed by atoms with Crippen molar-refractivity contribution in [3.8, 4) is 22.3 Å². The Balaban J connectivity index is 0.731. The molecule has 0 spiro atoms. The maximum Gasteiger partial charge on any atom is 0.0218 e. The van der Waals surface area contributed by atoms with Crippen molar-refractivity contribution in [1.82, 2.24) is 0 Å². The van der Waals surface area contributed by atoms with Crippen LogP contribution in [0.4, 0.5) is 0 Å². The maximum absolute atomic E-state index is 2.74. The molecule has 0 amide bonds. The fourth-order valence-electron chi connectivity index (χ4n) is 19.2. The highest BCUT2D eigenvalue weighted by Gasteiger charge is 2.53. The van der Waals surface area contributed by atoms with Gasteiger partial charge in [-0.2, -0.15) is 0 Å². The van der Waals surface area contributed by atoms with Crippen LogP contribution in [0, 0.1) is 47.3 Å². The fraction of sp³-hybridized carbons (Fsp3) is 0.562. The van der Waals surface area contributed by atoms with Crippen LogP contribution in [0.5, 0.6) is 0 Å². The Labute approximate surface area is 394 Å². The molecule has 16 rings (SSSR count). The van der Waals surface area contributed by atoms with Gasteiger partial charge in [-0.15, -0.1) is 0 Å². The summed E-state index contributed by atoms with van der Waals surface area (Å²) in [5.41, 5.74) is 20.3. The predicted molar refractivity (Wildman–Crippen MR) is 276 cm³/mol. The molecule has 4 aromatic rings. The van der Waals surface area contributed by atoms with Crippen molar-refractivity contribution in [3.63, 3.8) is 0 Å². The zero-order valence-electron chi connectivity index (χ0n) is 39.7. The molecule has 2 atom stereocenters. The molecule has 12 aliphatic carbocycles. The standard InChI is InChI=1S/C64H76Si/c1-2-8-41(7-1)29-51-31-59-55(49-15-19-53(20-16-49)63-33-43-23-44(34-63)25-45(24-43)35-63)11-5-13-57(59)61(51)39-65-40-62-52(30-42-9-3-4-10-42)32-60-56(12-6-14-58(60)62)50-17-21-54(22-18-50)64-36-46-26-47(37-64)28-48(27-46)38-64/h5-6,11-22,31-32,41-48,61-62H,1-4,7-10,23-30,33-40,65H2. The fourth-order valence-corrected chi connectivity index (χ4v) is 21.6. The minimum Gasteiger partial charge on any atom is -0.0621 e. The quantitative estimate of drug-likeness (QED) is 0.124. The molecule has 8 bridgehead atoms. The van der Waals surface area contributed by atoms with Gasteiger partial charge in [0.05, 0.1) is 0 Å². The Morgan fingerprint density at radius 3 is 1.12 bits per heavy atom. The molecule has 65 heavy (non-hydrogen) atoms. The number of hydrogen-bond acceptors (Lipinski definition) is 0. The molecule has 0 radical (unpaired) electrons. The van der Waals surface area contributed by atoms with E-state index in [1.165, 1.54) is 176 Å². The van der Waals surface area contributed by atoms with Gasteiger partial charge in [-0.25, -0.2) is 0 Å². The third-order valence-corrected chi connectivity index (χ3v) is 23.2. The third kappa shape index (κ3) is 7.14. The molecule has 12 aliphatic rings. The molecular formula is C64H76Si. The van der Waals surface area contributed by atoms with Crippen molar-refractivity contribution in [3.05, 3.63) is 129 Å². The lowest BCUT2D eigenvalue weighted by Crippen LogP contribution is -2.48. The van der Waals surface area contributed by atoms with E-state index < -0.39 is 0 Å². The third-order valence-electron chi connectivity index (χ3n) is 21.3. The molecule has 0 nitrogen and oxygen atoms in total. The zero-order chi connectivity index (χ0) is 42.7. The van der Waals surface area contributed by atoms with Crippen LogP contribution in [0.15, 0.2) is 96.1 Å². The first-order valence-corrected chi connectivity index (χ1v) is 29.9. The molecule has 0 N–H and O–H groups in total. The normalized spacial score (nSPS) is 35.4. The Bertz CT molecular complexity index is 2250. The van der Waals surface area contributed by atoms with E-state index in [9.17, 15) is 0 Å². The SMILES string of the molecule is C1=C(CC2CCCC2)C(C[SiH2]CC2C(CC3CCCC3)=Cc3c(-c4ccc(C56CC7CC(CC(C7)C5)C6)cc4)cccc32)c2cccc(-c3ccc(C45CC6CC(CC(C6)C4)C5)cc3)c21. The molecule has 4 aromatic carbocycles. The van der Waals surface area contributed by atoms with Gasteiger partial charge < -0.3 is 0 Å². The number of hydrogen-bond donors (Lipinski definition) is 0. The first kappa shape index (κ1) is 40.6. The minimum atomic E-state index is -0.336. The second kappa shape index (κ2) is 16.1. The highest BCUT2D eigenvalue weighted by Crippen LogP contribution is 2.62. The van der Waals surface area contributed by atoms with Crippen molar-refractivity contribution in [2.24, 2.45) is 47.3 Å². The van der Waals surface area contributed by atoms with Crippen molar-refractivity contribution < 1.29 is 0 Å². The van der Waals surface area contributed by atoms with Gasteiger partial charge in [0.15, 0.2) is 0 Å². The molecule has 0 aromatic heterocycles. The second-order valence-electron chi connectivity index (χ2n) is 25.4. The Hall–Kier alpha value is -3.42. The van der Waals surface area contributed by atoms with Crippen molar-refractivity contribution in [2.75, 3.05) is 0 Å². The van der Waals surface area contributed by atoms with E-state index in [4.69, 9.17) is 0 Å². The average Bonchev–Trinajstić information content (AvgIpc) is 4.15. The van der Waals surface area contributed by atoms with Gasteiger partial charge >= 0.3 is 0 Å². The van der Waals surface area contributed by atoms with E-state index in [1.54, 1.807) is 44.5 Å². The molecule has 0 aliphatic heterocycles. The highest BCUT2D eigenvalue weighted by molar-refractivity contribution is 6.36. The number of benzene rings is 4. The Morgan fingerprint density at radius 2 is 0.769 bits per heavy atom. The lowest BCUT2D eigenvalue weighted by Gasteiger charge is -2.57. The van der Waals surface area contributed by atoms with E-state index in [0.717, 1.165) is 47.3 Å². The van der Waals surface area contributed by atoms with Gasteiger partial charge in [0.2, 0.25) is 0 Å². The van der Waals surface area contributed by atoms with Crippen LogP contribution in [0.3, 0.4) is 0 Å². The van der Waals surface area contributed by atoms with E-state index in [-0.39, 0.29) is 9.52 Å². The van der Waals surface area contributed by atoms with Crippen LogP contribution in [0.25, 0.3) is 34.4 Å². The van der Waals surface area contributed by atoms with E-state index >= 15 is 0 Å². The van der Waals surface area contributed by atoms with Gasteiger partial charge in [0.1, 0.15) is 0 Å². The summed E-state index contributed by atoms with van der Waals surface area (Å²) in [5, 5.41) is 0. The van der Waals surface area contributed by atoms with Crippen LogP contribution in [-0.4, -0.2) is 9.52 Å². The largest absolute Gasteiger partial charge is 0.0621 e. The summed E-state index contributed by atoms with van der Waals surface area (Å²) < 4.78 is 0. The molecule has 336 valence electrons. The van der Waals surface area contributed by atoms with E-state index in [1.807, 2.05) is 0 Å². The summed E-state index contributed by atoms with van der Waals surface area (Å²) in [6.45, 7) is 0. The average molecular weight is 873 g/mol. The van der Waals surface area contributed by atoms with Crippen molar-refractivity contribution in [2.45, 2.75) is 176 Å². The highest BCUT2D eigenvalue weighted by atomic mass is 28.2. The summed E-state index contributed by atoms with van der Waals surface area (Å²) >= 11 is 0. The van der Waals surface area contributed by atoms with E-state index in [0.29, 0.717) is 22.7 Å². The van der Waals surface area contributed by atoms with Crippen LogP contribution in [0.1, 0.15) is 186 Å². The summed E-state index contributed by atoms with van der Waals surface area (Å²) in [4.78, 5) is 0. The molecule has 2 unspecified atom stereocenters. The molecule has 0 heterocycles. The molecule has 0 saturated heterocycles. The summed E-state index contributed by atoms with van der Waals surface area (Å²) in [6, 6.07) is 38.2. The summed E-state index contributed by atoms with van der Waals surface area (Å²) in [7, 11) is -0.336. The van der Waals surface area contributed by atoms with Gasteiger partial charge in [0, 0.05) is 21.4 Å². The van der Waals surface area contributed by atoms with E-state index in [2.05, 4.69) is 97.1 Å². The Kier molecular flexibility index (Phi) is 10.1. The van der Waals surface area contributed by atoms with Gasteiger partial charge in [-0.05, 0) is 204 Å². The van der Waals surface area contributed by atoms with Crippen LogP contribution in [-0.2, 0) is 10.8 Å². The zero-order valence-corrected chi connectivity index (χ0v) is 41.1. The maximum atomic E-state index is 2.74. The van der Waals surface area contributed by atoms with Gasteiger partial charge in [0.25, 0.3) is 0 Å². The molecule has 1 heteroatoms. The van der Waals surface area contributed by atoms with Crippen molar-refractivity contribution >= 4 is 21.7 Å². The molecular weight excluding hydrogens is 797 g/mol. The van der Waals surface area contributed by atoms with Gasteiger partial charge in [-0.1, -0.05) is 172 Å². The number of fused-ring (bicyclic) bond motifs is 2. The van der Waals surface area contributed by atoms with Crippen LogP contribution >= 0.6 is 0 Å². The summed E-state index contributed by atoms with van der Waals surface area (Å²) in [6.07, 6.45) is 37.6. The minimum absolute atomic E-state index is 0.336. The Morgan fingerprint density at radius 1 is 0.415 bits per heavy atom. The topological polar surface area (TPSA) is 0 Å². The predicted octanol–water partition coefficient (Wildman–Crippen LogP) is 16.8. The molecule has 10 saturated carbocycles. The molecule has 10 fully saturated rings. The number of allylic oxidation sites excluding steroid dienone is 2. The number of rotatable bonds is 12.